The lowest BCUT2D eigenvalue weighted by Crippen LogP contribution is -2.20. The van der Waals surface area contributed by atoms with Crippen LogP contribution in [0.2, 0.25) is 0 Å². The van der Waals surface area contributed by atoms with Gasteiger partial charge < -0.3 is 10.1 Å². The standard InChI is InChI=1S/C21H17N3O2/c1-13(18-12-15-7-3-5-9-17(15)22-18)23-24-21(26)20-16-8-4-2-6-14(16)10-11-19(20)25/h2-12,22,25H,1H3,(H,24,26)/b23-13+. The summed E-state index contributed by atoms with van der Waals surface area (Å²) in [6, 6.07) is 20.6. The lowest BCUT2D eigenvalue weighted by atomic mass is 10.0. The van der Waals surface area contributed by atoms with Crippen LogP contribution >= 0.6 is 0 Å². The van der Waals surface area contributed by atoms with Crippen LogP contribution in [0.1, 0.15) is 23.0 Å². The number of phenols is 1. The Labute approximate surface area is 150 Å². The first-order valence-electron chi connectivity index (χ1n) is 8.27. The Bertz CT molecular complexity index is 1130. The van der Waals surface area contributed by atoms with Crippen LogP contribution in [0.15, 0.2) is 71.8 Å². The molecule has 0 unspecified atom stereocenters. The van der Waals surface area contributed by atoms with E-state index in [2.05, 4.69) is 15.5 Å². The molecule has 1 amide bonds. The van der Waals surface area contributed by atoms with Gasteiger partial charge in [0.25, 0.3) is 5.91 Å². The van der Waals surface area contributed by atoms with Crippen LogP contribution in [0.5, 0.6) is 5.75 Å². The molecule has 0 fully saturated rings. The van der Waals surface area contributed by atoms with E-state index in [1.165, 1.54) is 6.07 Å². The Morgan fingerprint density at radius 1 is 1.00 bits per heavy atom. The van der Waals surface area contributed by atoms with Gasteiger partial charge in [-0.1, -0.05) is 48.5 Å². The topological polar surface area (TPSA) is 77.5 Å². The van der Waals surface area contributed by atoms with Gasteiger partial charge in [-0.05, 0) is 35.9 Å². The molecule has 5 nitrogen and oxygen atoms in total. The van der Waals surface area contributed by atoms with Crippen molar-refractivity contribution in [3.63, 3.8) is 0 Å². The van der Waals surface area contributed by atoms with Gasteiger partial charge in [0.2, 0.25) is 0 Å². The van der Waals surface area contributed by atoms with Crippen molar-refractivity contribution in [2.24, 2.45) is 5.10 Å². The predicted octanol–water partition coefficient (Wildman–Crippen LogP) is 4.18. The number of para-hydroxylation sites is 1. The minimum atomic E-state index is -0.449. The smallest absolute Gasteiger partial charge is 0.275 e. The number of carbonyl (C=O) groups excluding carboxylic acids is 1. The molecule has 4 aromatic rings. The fraction of sp³-hybridized carbons (Fsp3) is 0.0476. The first-order valence-corrected chi connectivity index (χ1v) is 8.27. The maximum atomic E-state index is 12.6. The van der Waals surface area contributed by atoms with Crippen molar-refractivity contribution in [2.45, 2.75) is 6.92 Å². The van der Waals surface area contributed by atoms with Crippen molar-refractivity contribution in [1.82, 2.24) is 10.4 Å². The summed E-state index contributed by atoms with van der Waals surface area (Å²) in [6.07, 6.45) is 0. The number of carbonyl (C=O) groups is 1. The van der Waals surface area contributed by atoms with Crippen LogP contribution in [-0.4, -0.2) is 21.7 Å². The number of aromatic nitrogens is 1. The van der Waals surface area contributed by atoms with E-state index >= 15 is 0 Å². The van der Waals surface area contributed by atoms with E-state index in [1.54, 1.807) is 12.1 Å². The molecule has 26 heavy (non-hydrogen) atoms. The summed E-state index contributed by atoms with van der Waals surface area (Å²) in [6.45, 7) is 1.81. The molecule has 4 rings (SSSR count). The fourth-order valence-corrected chi connectivity index (χ4v) is 3.02. The lowest BCUT2D eigenvalue weighted by molar-refractivity contribution is 0.0954. The fourth-order valence-electron chi connectivity index (χ4n) is 3.02. The number of nitrogens with zero attached hydrogens (tertiary/aromatic N) is 1. The third-order valence-electron chi connectivity index (χ3n) is 4.38. The van der Waals surface area contributed by atoms with Crippen LogP contribution in [0.4, 0.5) is 0 Å². The van der Waals surface area contributed by atoms with Crippen LogP contribution < -0.4 is 5.43 Å². The van der Waals surface area contributed by atoms with E-state index in [0.29, 0.717) is 11.1 Å². The van der Waals surface area contributed by atoms with Gasteiger partial charge in [-0.3, -0.25) is 4.79 Å². The van der Waals surface area contributed by atoms with E-state index in [1.807, 2.05) is 55.5 Å². The molecule has 0 aliphatic heterocycles. The number of aromatic hydroxyl groups is 1. The second-order valence-electron chi connectivity index (χ2n) is 6.09. The maximum Gasteiger partial charge on any atom is 0.275 e. The summed E-state index contributed by atoms with van der Waals surface area (Å²) in [5, 5.41) is 17.0. The van der Waals surface area contributed by atoms with E-state index in [9.17, 15) is 9.90 Å². The van der Waals surface area contributed by atoms with E-state index in [-0.39, 0.29) is 11.3 Å². The zero-order valence-corrected chi connectivity index (χ0v) is 14.2. The number of H-pyrrole nitrogens is 1. The number of nitrogens with one attached hydrogen (secondary N) is 2. The van der Waals surface area contributed by atoms with Gasteiger partial charge in [-0.25, -0.2) is 5.43 Å². The third kappa shape index (κ3) is 2.80. The van der Waals surface area contributed by atoms with Gasteiger partial charge in [-0.15, -0.1) is 0 Å². The van der Waals surface area contributed by atoms with Gasteiger partial charge in [-0.2, -0.15) is 5.10 Å². The molecule has 0 aliphatic rings. The van der Waals surface area contributed by atoms with Crippen molar-refractivity contribution in [1.29, 1.82) is 0 Å². The number of phenolic OH excluding ortho intramolecular Hbond substituents is 1. The average molecular weight is 343 g/mol. The highest BCUT2D eigenvalue weighted by molar-refractivity contribution is 6.10. The van der Waals surface area contributed by atoms with Crippen molar-refractivity contribution in [2.75, 3.05) is 0 Å². The summed E-state index contributed by atoms with van der Waals surface area (Å²) in [4.78, 5) is 15.9. The van der Waals surface area contributed by atoms with Crippen LogP contribution in [-0.2, 0) is 0 Å². The number of fused-ring (bicyclic) bond motifs is 2. The number of hydrogen-bond donors (Lipinski definition) is 3. The Balaban J connectivity index is 1.64. The Hall–Kier alpha value is -3.60. The van der Waals surface area contributed by atoms with Crippen LogP contribution in [0.25, 0.3) is 21.7 Å². The largest absolute Gasteiger partial charge is 0.507 e. The highest BCUT2D eigenvalue weighted by Gasteiger charge is 2.15. The molecule has 1 aromatic heterocycles. The van der Waals surface area contributed by atoms with Crippen molar-refractivity contribution in [3.05, 3.63) is 78.0 Å². The number of hydrazone groups is 1. The van der Waals surface area contributed by atoms with Gasteiger partial charge in [0.1, 0.15) is 5.75 Å². The zero-order chi connectivity index (χ0) is 18.1. The zero-order valence-electron chi connectivity index (χ0n) is 14.2. The van der Waals surface area contributed by atoms with Crippen LogP contribution in [0.3, 0.4) is 0 Å². The molecule has 0 bridgehead atoms. The minimum absolute atomic E-state index is 0.0698. The SMILES string of the molecule is C/C(=N\NC(=O)c1c(O)ccc2ccccc12)c1cc2ccccc2[nH]1. The third-order valence-corrected chi connectivity index (χ3v) is 4.38. The molecule has 5 heteroatoms. The van der Waals surface area contributed by atoms with Crippen molar-refractivity contribution < 1.29 is 9.90 Å². The summed E-state index contributed by atoms with van der Waals surface area (Å²) < 4.78 is 0. The van der Waals surface area contributed by atoms with Crippen LogP contribution in [0, 0.1) is 0 Å². The minimum Gasteiger partial charge on any atom is -0.507 e. The Morgan fingerprint density at radius 3 is 2.54 bits per heavy atom. The number of benzene rings is 3. The normalized spacial score (nSPS) is 11.8. The molecular weight excluding hydrogens is 326 g/mol. The highest BCUT2D eigenvalue weighted by atomic mass is 16.3. The van der Waals surface area contributed by atoms with Gasteiger partial charge in [0.05, 0.1) is 17.0 Å². The molecule has 1 heterocycles. The molecule has 0 saturated carbocycles. The summed E-state index contributed by atoms with van der Waals surface area (Å²) in [7, 11) is 0. The molecule has 0 radical (unpaired) electrons. The Morgan fingerprint density at radius 2 is 1.73 bits per heavy atom. The second-order valence-corrected chi connectivity index (χ2v) is 6.09. The Kier molecular flexibility index (Phi) is 3.89. The number of amides is 1. The molecule has 0 aliphatic carbocycles. The van der Waals surface area contributed by atoms with Gasteiger partial charge >= 0.3 is 0 Å². The molecular formula is C21H17N3O2. The number of rotatable bonds is 3. The van der Waals surface area contributed by atoms with E-state index in [0.717, 1.165) is 22.0 Å². The van der Waals surface area contributed by atoms with Gasteiger partial charge in [0.15, 0.2) is 0 Å². The molecule has 0 atom stereocenters. The lowest BCUT2D eigenvalue weighted by Gasteiger charge is -2.08. The second kappa shape index (κ2) is 6.37. The monoisotopic (exact) mass is 343 g/mol. The van der Waals surface area contributed by atoms with Crippen molar-refractivity contribution in [3.8, 4) is 5.75 Å². The van der Waals surface area contributed by atoms with Crippen molar-refractivity contribution >= 4 is 33.3 Å². The molecule has 3 aromatic carbocycles. The van der Waals surface area contributed by atoms with Gasteiger partial charge in [0, 0.05) is 10.9 Å². The quantitative estimate of drug-likeness (QED) is 0.385. The molecule has 3 N–H and O–H groups in total. The van der Waals surface area contributed by atoms with E-state index in [4.69, 9.17) is 0 Å². The summed E-state index contributed by atoms with van der Waals surface area (Å²) >= 11 is 0. The highest BCUT2D eigenvalue weighted by Crippen LogP contribution is 2.27. The molecule has 0 saturated heterocycles. The molecule has 128 valence electrons. The first kappa shape index (κ1) is 15.9. The number of aromatic amines is 1. The first-order chi connectivity index (χ1) is 12.6. The average Bonchev–Trinajstić information content (AvgIpc) is 3.10. The predicted molar refractivity (Wildman–Crippen MR) is 104 cm³/mol. The molecule has 0 spiro atoms. The maximum absolute atomic E-state index is 12.6. The number of hydrogen-bond acceptors (Lipinski definition) is 3. The van der Waals surface area contributed by atoms with E-state index < -0.39 is 5.91 Å². The summed E-state index contributed by atoms with van der Waals surface area (Å²) in [5.41, 5.74) is 5.25. The summed E-state index contributed by atoms with van der Waals surface area (Å²) in [5.74, 6) is -0.519.